The van der Waals surface area contributed by atoms with Crippen LogP contribution in [0.15, 0.2) is 0 Å². The van der Waals surface area contributed by atoms with Crippen LogP contribution in [0.25, 0.3) is 0 Å². The lowest BCUT2D eigenvalue weighted by atomic mass is 10.2. The average Bonchev–Trinajstić information content (AvgIpc) is 2.57. The standard InChI is InChI=1S/C9H20N2O/c1-2-9(12)7-10-6-8-4-3-5-11-8/h8-12H,2-7H2,1H3. The molecule has 1 aliphatic heterocycles. The predicted octanol–water partition coefficient (Wildman–Crippen LogP) is 0.0989. The Kier molecular flexibility index (Phi) is 4.58. The maximum Gasteiger partial charge on any atom is 0.0662 e. The van der Waals surface area contributed by atoms with E-state index < -0.39 is 0 Å². The molecule has 1 fully saturated rings. The lowest BCUT2D eigenvalue weighted by Crippen LogP contribution is -2.37. The first-order valence-electron chi connectivity index (χ1n) is 4.95. The van der Waals surface area contributed by atoms with Gasteiger partial charge in [0, 0.05) is 19.1 Å². The molecule has 2 atom stereocenters. The zero-order valence-corrected chi connectivity index (χ0v) is 7.84. The number of aliphatic hydroxyl groups excluding tert-OH is 1. The van der Waals surface area contributed by atoms with Crippen LogP contribution < -0.4 is 10.6 Å². The van der Waals surface area contributed by atoms with Crippen LogP contribution >= 0.6 is 0 Å². The van der Waals surface area contributed by atoms with E-state index in [1.807, 2.05) is 6.92 Å². The lowest BCUT2D eigenvalue weighted by molar-refractivity contribution is 0.166. The highest BCUT2D eigenvalue weighted by atomic mass is 16.3. The normalized spacial score (nSPS) is 26.0. The van der Waals surface area contributed by atoms with Gasteiger partial charge in [-0.3, -0.25) is 0 Å². The fourth-order valence-corrected chi connectivity index (χ4v) is 1.50. The molecule has 3 heteroatoms. The van der Waals surface area contributed by atoms with E-state index in [0.717, 1.165) is 26.1 Å². The van der Waals surface area contributed by atoms with Crippen molar-refractivity contribution in [2.45, 2.75) is 38.3 Å². The quantitative estimate of drug-likeness (QED) is 0.551. The molecule has 0 spiro atoms. The SMILES string of the molecule is CCC(O)CNCC1CCCN1. The van der Waals surface area contributed by atoms with E-state index >= 15 is 0 Å². The third-order valence-corrected chi connectivity index (χ3v) is 2.40. The van der Waals surface area contributed by atoms with Gasteiger partial charge in [0.2, 0.25) is 0 Å². The van der Waals surface area contributed by atoms with Crippen LogP contribution in [0.3, 0.4) is 0 Å². The number of hydrogen-bond acceptors (Lipinski definition) is 3. The summed E-state index contributed by atoms with van der Waals surface area (Å²) in [5, 5.41) is 15.9. The van der Waals surface area contributed by atoms with Gasteiger partial charge in [0.1, 0.15) is 0 Å². The van der Waals surface area contributed by atoms with Gasteiger partial charge in [0.15, 0.2) is 0 Å². The second kappa shape index (κ2) is 5.51. The molecule has 72 valence electrons. The minimum Gasteiger partial charge on any atom is -0.392 e. The molecule has 1 heterocycles. The third kappa shape index (κ3) is 3.52. The first-order chi connectivity index (χ1) is 5.83. The zero-order valence-electron chi connectivity index (χ0n) is 7.84. The molecule has 0 radical (unpaired) electrons. The molecule has 0 saturated carbocycles. The Morgan fingerprint density at radius 1 is 1.67 bits per heavy atom. The van der Waals surface area contributed by atoms with E-state index in [-0.39, 0.29) is 6.10 Å². The molecule has 1 saturated heterocycles. The van der Waals surface area contributed by atoms with Gasteiger partial charge in [-0.05, 0) is 25.8 Å². The Hall–Kier alpha value is -0.120. The van der Waals surface area contributed by atoms with Gasteiger partial charge in [-0.25, -0.2) is 0 Å². The van der Waals surface area contributed by atoms with E-state index in [9.17, 15) is 5.11 Å². The molecule has 0 amide bonds. The van der Waals surface area contributed by atoms with Crippen molar-refractivity contribution in [1.29, 1.82) is 0 Å². The number of nitrogens with one attached hydrogen (secondary N) is 2. The predicted molar refractivity (Wildman–Crippen MR) is 50.2 cm³/mol. The maximum absolute atomic E-state index is 9.25. The van der Waals surface area contributed by atoms with Crippen LogP contribution in [0.1, 0.15) is 26.2 Å². The topological polar surface area (TPSA) is 44.3 Å². The highest BCUT2D eigenvalue weighted by Crippen LogP contribution is 2.02. The fourth-order valence-electron chi connectivity index (χ4n) is 1.50. The molecule has 1 rings (SSSR count). The van der Waals surface area contributed by atoms with E-state index in [0.29, 0.717) is 6.04 Å². The minimum absolute atomic E-state index is 0.175. The van der Waals surface area contributed by atoms with Crippen LogP contribution in [0.4, 0.5) is 0 Å². The highest BCUT2D eigenvalue weighted by Gasteiger charge is 2.13. The van der Waals surface area contributed by atoms with Gasteiger partial charge < -0.3 is 15.7 Å². The Balaban J connectivity index is 1.94. The summed E-state index contributed by atoms with van der Waals surface area (Å²) in [6.45, 7) is 4.88. The third-order valence-electron chi connectivity index (χ3n) is 2.40. The van der Waals surface area contributed by atoms with Gasteiger partial charge in [0.25, 0.3) is 0 Å². The molecule has 1 aliphatic rings. The van der Waals surface area contributed by atoms with Gasteiger partial charge in [-0.1, -0.05) is 6.92 Å². The molecule has 0 bridgehead atoms. The molecule has 0 aromatic heterocycles. The minimum atomic E-state index is -0.175. The smallest absolute Gasteiger partial charge is 0.0662 e. The molecule has 12 heavy (non-hydrogen) atoms. The Morgan fingerprint density at radius 3 is 3.08 bits per heavy atom. The molecule has 3 N–H and O–H groups in total. The Bertz CT molecular complexity index is 113. The fraction of sp³-hybridized carbons (Fsp3) is 1.00. The summed E-state index contributed by atoms with van der Waals surface area (Å²) in [4.78, 5) is 0. The summed E-state index contributed by atoms with van der Waals surface area (Å²) in [6.07, 6.45) is 3.23. The van der Waals surface area contributed by atoms with Crippen LogP contribution in [-0.4, -0.2) is 36.9 Å². The van der Waals surface area contributed by atoms with E-state index in [1.165, 1.54) is 12.8 Å². The number of hydrogen-bond donors (Lipinski definition) is 3. The van der Waals surface area contributed by atoms with Crippen molar-refractivity contribution < 1.29 is 5.11 Å². The maximum atomic E-state index is 9.25. The molecular formula is C9H20N2O. The largest absolute Gasteiger partial charge is 0.392 e. The summed E-state index contributed by atoms with van der Waals surface area (Å²) < 4.78 is 0. The van der Waals surface area contributed by atoms with Crippen molar-refractivity contribution in [3.05, 3.63) is 0 Å². The van der Waals surface area contributed by atoms with Crippen LogP contribution in [0.2, 0.25) is 0 Å². The lowest BCUT2D eigenvalue weighted by Gasteiger charge is -2.13. The van der Waals surface area contributed by atoms with Crippen molar-refractivity contribution in [1.82, 2.24) is 10.6 Å². The van der Waals surface area contributed by atoms with Gasteiger partial charge in [0.05, 0.1) is 6.10 Å². The van der Waals surface area contributed by atoms with Gasteiger partial charge in [-0.15, -0.1) is 0 Å². The van der Waals surface area contributed by atoms with E-state index in [1.54, 1.807) is 0 Å². The molecule has 2 unspecified atom stereocenters. The molecule has 0 aromatic carbocycles. The van der Waals surface area contributed by atoms with Crippen LogP contribution in [0, 0.1) is 0 Å². The molecule has 3 nitrogen and oxygen atoms in total. The first kappa shape index (κ1) is 9.96. The Labute approximate surface area is 74.5 Å². The highest BCUT2D eigenvalue weighted by molar-refractivity contribution is 4.76. The summed E-state index contributed by atoms with van der Waals surface area (Å²) in [6, 6.07) is 0.633. The number of aliphatic hydroxyl groups is 1. The van der Waals surface area contributed by atoms with E-state index in [4.69, 9.17) is 0 Å². The second-order valence-corrected chi connectivity index (χ2v) is 3.51. The van der Waals surface area contributed by atoms with Crippen molar-refractivity contribution in [2.24, 2.45) is 0 Å². The molecular weight excluding hydrogens is 152 g/mol. The molecule has 0 aliphatic carbocycles. The summed E-state index contributed by atoms with van der Waals surface area (Å²) in [5.41, 5.74) is 0. The molecule has 0 aromatic rings. The Morgan fingerprint density at radius 2 is 2.50 bits per heavy atom. The van der Waals surface area contributed by atoms with Crippen molar-refractivity contribution in [3.63, 3.8) is 0 Å². The monoisotopic (exact) mass is 172 g/mol. The van der Waals surface area contributed by atoms with Gasteiger partial charge in [-0.2, -0.15) is 0 Å². The average molecular weight is 172 g/mol. The van der Waals surface area contributed by atoms with Crippen molar-refractivity contribution in [3.8, 4) is 0 Å². The summed E-state index contributed by atoms with van der Waals surface area (Å²) >= 11 is 0. The zero-order chi connectivity index (χ0) is 8.81. The van der Waals surface area contributed by atoms with Crippen LogP contribution in [0.5, 0.6) is 0 Å². The van der Waals surface area contributed by atoms with Gasteiger partial charge >= 0.3 is 0 Å². The first-order valence-corrected chi connectivity index (χ1v) is 4.95. The summed E-state index contributed by atoms with van der Waals surface area (Å²) in [7, 11) is 0. The van der Waals surface area contributed by atoms with E-state index in [2.05, 4.69) is 10.6 Å². The van der Waals surface area contributed by atoms with Crippen LogP contribution in [-0.2, 0) is 0 Å². The number of rotatable bonds is 5. The van der Waals surface area contributed by atoms with Crippen molar-refractivity contribution >= 4 is 0 Å². The summed E-state index contributed by atoms with van der Waals surface area (Å²) in [5.74, 6) is 0. The van der Waals surface area contributed by atoms with Crippen molar-refractivity contribution in [2.75, 3.05) is 19.6 Å². The second-order valence-electron chi connectivity index (χ2n) is 3.51.